The molecule has 1 aliphatic rings. The van der Waals surface area contributed by atoms with Crippen molar-refractivity contribution in [1.82, 2.24) is 19.4 Å². The molecule has 0 radical (unpaired) electrons. The van der Waals surface area contributed by atoms with Gasteiger partial charge in [0.15, 0.2) is 5.03 Å². The molecule has 0 saturated carbocycles. The van der Waals surface area contributed by atoms with Crippen molar-refractivity contribution >= 4 is 10.0 Å². The van der Waals surface area contributed by atoms with E-state index in [4.69, 9.17) is 0 Å². The molecule has 0 aromatic carbocycles. The fourth-order valence-electron chi connectivity index (χ4n) is 2.60. The molecule has 1 aliphatic heterocycles. The molecule has 0 aliphatic carbocycles. The van der Waals surface area contributed by atoms with Crippen LogP contribution < -0.4 is 0 Å². The maximum absolute atomic E-state index is 12.6. The molecule has 0 bridgehead atoms. The molecule has 0 spiro atoms. The largest absolute Gasteiger partial charge is 0.392 e. The molecule has 20 heavy (non-hydrogen) atoms. The summed E-state index contributed by atoms with van der Waals surface area (Å²) in [5.74, 6) is 0. The number of H-pyrrole nitrogens is 1. The van der Waals surface area contributed by atoms with Gasteiger partial charge in [-0.1, -0.05) is 0 Å². The number of hydrogen-bond donors (Lipinski definition) is 2. The van der Waals surface area contributed by atoms with Crippen LogP contribution in [0.4, 0.5) is 0 Å². The number of likely N-dealkylation sites (tertiary alicyclic amines) is 1. The third kappa shape index (κ3) is 2.73. The van der Waals surface area contributed by atoms with Crippen molar-refractivity contribution in [3.63, 3.8) is 0 Å². The first-order chi connectivity index (χ1) is 9.37. The van der Waals surface area contributed by atoms with Crippen LogP contribution in [-0.2, 0) is 16.6 Å². The average Bonchev–Trinajstić information content (AvgIpc) is 2.79. The first kappa shape index (κ1) is 15.4. The smallest absolute Gasteiger partial charge is 0.262 e. The number of rotatable bonds is 4. The summed E-state index contributed by atoms with van der Waals surface area (Å²) in [5, 5.41) is 15.8. The number of aliphatic hydroxyl groups is 1. The lowest BCUT2D eigenvalue weighted by Gasteiger charge is -2.34. The van der Waals surface area contributed by atoms with Gasteiger partial charge in [-0.25, -0.2) is 8.42 Å². The Kier molecular flexibility index (Phi) is 4.48. The minimum atomic E-state index is -3.68. The second-order valence-corrected chi connectivity index (χ2v) is 7.28. The summed E-state index contributed by atoms with van der Waals surface area (Å²) < 4.78 is 26.7. The molecule has 2 rings (SSSR count). The summed E-state index contributed by atoms with van der Waals surface area (Å²) in [7, 11) is -0.101. The third-order valence-corrected chi connectivity index (χ3v) is 5.81. The lowest BCUT2D eigenvalue weighted by atomic mass is 10.1. The van der Waals surface area contributed by atoms with Crippen molar-refractivity contribution in [2.75, 3.05) is 27.2 Å². The first-order valence-electron chi connectivity index (χ1n) is 6.69. The Morgan fingerprint density at radius 3 is 2.85 bits per heavy atom. The number of aromatic nitrogens is 2. The van der Waals surface area contributed by atoms with Gasteiger partial charge in [-0.3, -0.25) is 5.10 Å². The highest BCUT2D eigenvalue weighted by Gasteiger charge is 2.34. The average molecular weight is 302 g/mol. The standard InChI is InChI=1S/C12H22N4O3S/c1-9-11(8-17)12(14-13-9)20(18,19)16(3)10-5-4-6-15(2)7-10/h10,17H,4-8H2,1-3H3,(H,13,14). The number of nitrogens with zero attached hydrogens (tertiary/aromatic N) is 3. The van der Waals surface area contributed by atoms with Gasteiger partial charge in [-0.05, 0) is 33.4 Å². The molecule has 1 aromatic rings. The van der Waals surface area contributed by atoms with Crippen molar-refractivity contribution in [3.8, 4) is 0 Å². The molecular formula is C12H22N4O3S. The quantitative estimate of drug-likeness (QED) is 0.812. The predicted octanol–water partition coefficient (Wildman–Crippen LogP) is -0.0749. The fourth-order valence-corrected chi connectivity index (χ4v) is 4.13. The fraction of sp³-hybridized carbons (Fsp3) is 0.750. The van der Waals surface area contributed by atoms with Crippen LogP contribution in [0.5, 0.6) is 0 Å². The maximum Gasteiger partial charge on any atom is 0.262 e. The van der Waals surface area contributed by atoms with Crippen molar-refractivity contribution in [2.24, 2.45) is 0 Å². The van der Waals surface area contributed by atoms with Crippen molar-refractivity contribution < 1.29 is 13.5 Å². The van der Waals surface area contributed by atoms with Crippen LogP contribution in [0, 0.1) is 6.92 Å². The van der Waals surface area contributed by atoms with Crippen LogP contribution in [0.3, 0.4) is 0 Å². The van der Waals surface area contributed by atoms with E-state index >= 15 is 0 Å². The monoisotopic (exact) mass is 302 g/mol. The number of aryl methyl sites for hydroxylation is 1. The van der Waals surface area contributed by atoms with E-state index in [2.05, 4.69) is 15.1 Å². The van der Waals surface area contributed by atoms with E-state index < -0.39 is 10.0 Å². The molecule has 1 atom stereocenters. The Hall–Kier alpha value is -0.960. The Morgan fingerprint density at radius 1 is 1.55 bits per heavy atom. The highest BCUT2D eigenvalue weighted by molar-refractivity contribution is 7.89. The number of aliphatic hydroxyl groups excluding tert-OH is 1. The Bertz CT molecular complexity index is 569. The van der Waals surface area contributed by atoms with Gasteiger partial charge < -0.3 is 10.0 Å². The lowest BCUT2D eigenvalue weighted by Crippen LogP contribution is -2.47. The van der Waals surface area contributed by atoms with E-state index in [9.17, 15) is 13.5 Å². The van der Waals surface area contributed by atoms with Crippen molar-refractivity contribution in [3.05, 3.63) is 11.3 Å². The summed E-state index contributed by atoms with van der Waals surface area (Å²) in [6.45, 7) is 3.07. The predicted molar refractivity (Wildman–Crippen MR) is 74.7 cm³/mol. The Labute approximate surface area is 119 Å². The molecule has 8 heteroatoms. The highest BCUT2D eigenvalue weighted by atomic mass is 32.2. The summed E-state index contributed by atoms with van der Waals surface area (Å²) in [4.78, 5) is 2.13. The molecule has 1 saturated heterocycles. The van der Waals surface area contributed by atoms with E-state index in [1.807, 2.05) is 7.05 Å². The van der Waals surface area contributed by atoms with Crippen LogP contribution in [-0.4, -0.2) is 66.2 Å². The minimum Gasteiger partial charge on any atom is -0.392 e. The third-order valence-electron chi connectivity index (χ3n) is 3.93. The minimum absolute atomic E-state index is 0.0534. The number of sulfonamides is 1. The van der Waals surface area contributed by atoms with Gasteiger partial charge in [0.2, 0.25) is 0 Å². The van der Waals surface area contributed by atoms with E-state index in [1.165, 1.54) is 4.31 Å². The van der Waals surface area contributed by atoms with Crippen molar-refractivity contribution in [2.45, 2.75) is 37.4 Å². The summed E-state index contributed by atoms with van der Waals surface area (Å²) in [6, 6.07) is -0.0534. The molecule has 0 amide bonds. The number of aromatic amines is 1. The normalized spacial score (nSPS) is 21.6. The number of hydrogen-bond acceptors (Lipinski definition) is 5. The van der Waals surface area contributed by atoms with Gasteiger partial charge in [0, 0.05) is 30.9 Å². The molecule has 7 nitrogen and oxygen atoms in total. The van der Waals surface area contributed by atoms with Gasteiger partial charge in [0.25, 0.3) is 10.0 Å². The van der Waals surface area contributed by atoms with E-state index in [0.717, 1.165) is 19.4 Å². The van der Waals surface area contributed by atoms with Crippen LogP contribution in [0.15, 0.2) is 5.03 Å². The second-order valence-electron chi connectivity index (χ2n) is 5.37. The van der Waals surface area contributed by atoms with E-state index in [0.29, 0.717) is 17.8 Å². The topological polar surface area (TPSA) is 89.5 Å². The van der Waals surface area contributed by atoms with E-state index in [-0.39, 0.29) is 17.7 Å². The number of likely N-dealkylation sites (N-methyl/N-ethyl adjacent to an activating group) is 2. The second kappa shape index (κ2) is 5.80. The van der Waals surface area contributed by atoms with Gasteiger partial charge in [-0.15, -0.1) is 0 Å². The molecule has 1 aromatic heterocycles. The van der Waals surface area contributed by atoms with Gasteiger partial charge >= 0.3 is 0 Å². The van der Waals surface area contributed by atoms with Crippen LogP contribution >= 0.6 is 0 Å². The summed E-state index contributed by atoms with van der Waals surface area (Å²) in [5.41, 5.74) is 0.932. The molecule has 1 fully saturated rings. The maximum atomic E-state index is 12.6. The van der Waals surface area contributed by atoms with Gasteiger partial charge in [0.05, 0.1) is 6.61 Å². The molecule has 114 valence electrons. The first-order valence-corrected chi connectivity index (χ1v) is 8.13. The highest BCUT2D eigenvalue weighted by Crippen LogP contribution is 2.24. The van der Waals surface area contributed by atoms with Gasteiger partial charge in [-0.2, -0.15) is 9.40 Å². The number of nitrogens with one attached hydrogen (secondary N) is 1. The Morgan fingerprint density at radius 2 is 2.25 bits per heavy atom. The molecule has 2 N–H and O–H groups in total. The zero-order chi connectivity index (χ0) is 14.9. The molecular weight excluding hydrogens is 280 g/mol. The summed E-state index contributed by atoms with van der Waals surface area (Å²) in [6.07, 6.45) is 1.82. The van der Waals surface area contributed by atoms with Crippen molar-refractivity contribution in [1.29, 1.82) is 0 Å². The molecule has 1 unspecified atom stereocenters. The van der Waals surface area contributed by atoms with Crippen LogP contribution in [0.1, 0.15) is 24.1 Å². The van der Waals surface area contributed by atoms with Gasteiger partial charge in [0.1, 0.15) is 0 Å². The van der Waals surface area contributed by atoms with Crippen LogP contribution in [0.25, 0.3) is 0 Å². The lowest BCUT2D eigenvalue weighted by molar-refractivity contribution is 0.187. The Balaban J connectivity index is 2.29. The van der Waals surface area contributed by atoms with E-state index in [1.54, 1.807) is 14.0 Å². The number of piperidine rings is 1. The zero-order valence-corrected chi connectivity index (χ0v) is 12.9. The zero-order valence-electron chi connectivity index (χ0n) is 12.1. The summed E-state index contributed by atoms with van der Waals surface area (Å²) >= 11 is 0. The van der Waals surface area contributed by atoms with Crippen LogP contribution in [0.2, 0.25) is 0 Å². The SMILES string of the molecule is Cc1[nH]nc(S(=O)(=O)N(C)C2CCCN(C)C2)c1CO. The molecule has 2 heterocycles.